The molecule has 0 radical (unpaired) electrons. The van der Waals surface area contributed by atoms with Crippen LogP contribution < -0.4 is 14.4 Å². The number of halogens is 1. The molecule has 6 nitrogen and oxygen atoms in total. The van der Waals surface area contributed by atoms with Crippen molar-refractivity contribution < 1.29 is 17.9 Å². The van der Waals surface area contributed by atoms with E-state index >= 15 is 0 Å². The lowest BCUT2D eigenvalue weighted by atomic mass is 10.2. The number of nitrogens with zero attached hydrogens (tertiary/aromatic N) is 1. The van der Waals surface area contributed by atoms with Crippen LogP contribution in [0.3, 0.4) is 0 Å². The lowest BCUT2D eigenvalue weighted by molar-refractivity contribution is -0.119. The smallest absolute Gasteiger partial charge is 0.241 e. The molecule has 0 saturated carbocycles. The summed E-state index contributed by atoms with van der Waals surface area (Å²) in [5, 5.41) is 3.19. The SMILES string of the molecule is Cc1c(Cl)cccc1N(CC(=O)NCc1ccc(OC(C)C)cc1)S(C)(=O)=O. The van der Waals surface area contributed by atoms with Gasteiger partial charge in [-0.05, 0) is 56.2 Å². The molecular formula is C20H25ClN2O4S. The van der Waals surface area contributed by atoms with E-state index in [1.807, 2.05) is 38.1 Å². The monoisotopic (exact) mass is 424 g/mol. The predicted octanol–water partition coefficient (Wildman–Crippen LogP) is 3.52. The van der Waals surface area contributed by atoms with Crippen molar-refractivity contribution in [2.24, 2.45) is 0 Å². The highest BCUT2D eigenvalue weighted by Gasteiger charge is 2.23. The number of hydrogen-bond acceptors (Lipinski definition) is 4. The predicted molar refractivity (Wildman–Crippen MR) is 112 cm³/mol. The maximum atomic E-state index is 12.4. The standard InChI is InChI=1S/C20H25ClN2O4S/c1-14(2)27-17-10-8-16(9-11-17)12-22-20(24)13-23(28(4,25)26)19-7-5-6-18(21)15(19)3/h5-11,14H,12-13H2,1-4H3,(H,22,24). The van der Waals surface area contributed by atoms with Gasteiger partial charge in [-0.2, -0.15) is 0 Å². The molecule has 0 saturated heterocycles. The van der Waals surface area contributed by atoms with E-state index in [1.54, 1.807) is 25.1 Å². The summed E-state index contributed by atoms with van der Waals surface area (Å²) in [5.74, 6) is 0.345. The Hall–Kier alpha value is -2.25. The average molecular weight is 425 g/mol. The van der Waals surface area contributed by atoms with Gasteiger partial charge in [0.25, 0.3) is 0 Å². The number of carbonyl (C=O) groups is 1. The van der Waals surface area contributed by atoms with E-state index in [9.17, 15) is 13.2 Å². The van der Waals surface area contributed by atoms with Gasteiger partial charge in [0.05, 0.1) is 18.0 Å². The molecule has 0 aliphatic carbocycles. The lowest BCUT2D eigenvalue weighted by Crippen LogP contribution is -2.40. The normalized spacial score (nSPS) is 11.4. The van der Waals surface area contributed by atoms with Gasteiger partial charge in [-0.25, -0.2) is 8.42 Å². The first-order valence-corrected chi connectivity index (χ1v) is 11.1. The van der Waals surface area contributed by atoms with Crippen LogP contribution in [0.25, 0.3) is 0 Å². The van der Waals surface area contributed by atoms with Gasteiger partial charge in [0.15, 0.2) is 0 Å². The molecule has 28 heavy (non-hydrogen) atoms. The summed E-state index contributed by atoms with van der Waals surface area (Å²) in [6.07, 6.45) is 1.15. The Balaban J connectivity index is 2.05. The molecule has 0 bridgehead atoms. The van der Waals surface area contributed by atoms with Crippen LogP contribution in [-0.2, 0) is 21.4 Å². The molecule has 2 rings (SSSR count). The molecule has 0 heterocycles. The van der Waals surface area contributed by atoms with Crippen LogP contribution in [-0.4, -0.2) is 33.2 Å². The zero-order valence-corrected chi connectivity index (χ0v) is 18.0. The fourth-order valence-electron chi connectivity index (χ4n) is 2.59. The van der Waals surface area contributed by atoms with Crippen molar-refractivity contribution in [1.29, 1.82) is 0 Å². The van der Waals surface area contributed by atoms with Crippen LogP contribution in [0.5, 0.6) is 5.75 Å². The van der Waals surface area contributed by atoms with Crippen molar-refractivity contribution in [2.75, 3.05) is 17.1 Å². The van der Waals surface area contributed by atoms with Crippen LogP contribution in [0, 0.1) is 6.92 Å². The van der Waals surface area contributed by atoms with E-state index in [0.717, 1.165) is 21.9 Å². The average Bonchev–Trinajstić information content (AvgIpc) is 2.60. The lowest BCUT2D eigenvalue weighted by Gasteiger charge is -2.24. The highest BCUT2D eigenvalue weighted by Crippen LogP contribution is 2.28. The first kappa shape index (κ1) is 22.0. The minimum absolute atomic E-state index is 0.0856. The van der Waals surface area contributed by atoms with Crippen molar-refractivity contribution in [3.05, 3.63) is 58.6 Å². The number of nitrogens with one attached hydrogen (secondary N) is 1. The highest BCUT2D eigenvalue weighted by molar-refractivity contribution is 7.92. The summed E-state index contributed by atoms with van der Waals surface area (Å²) in [6.45, 7) is 5.57. The fourth-order valence-corrected chi connectivity index (χ4v) is 3.67. The van der Waals surface area contributed by atoms with E-state index < -0.39 is 15.9 Å². The van der Waals surface area contributed by atoms with Gasteiger partial charge in [-0.3, -0.25) is 9.10 Å². The molecule has 0 unspecified atom stereocenters. The van der Waals surface area contributed by atoms with Crippen LogP contribution in [0.15, 0.2) is 42.5 Å². The fraction of sp³-hybridized carbons (Fsp3) is 0.350. The number of anilines is 1. The Morgan fingerprint density at radius 3 is 2.39 bits per heavy atom. The number of rotatable bonds is 8. The topological polar surface area (TPSA) is 75.7 Å². The van der Waals surface area contributed by atoms with Crippen molar-refractivity contribution in [3.63, 3.8) is 0 Å². The van der Waals surface area contributed by atoms with Crippen LogP contribution in [0.2, 0.25) is 5.02 Å². The second-order valence-corrected chi connectivity index (χ2v) is 9.05. The summed E-state index contributed by atoms with van der Waals surface area (Å²) in [7, 11) is -3.66. The number of ether oxygens (including phenoxy) is 1. The second-order valence-electron chi connectivity index (χ2n) is 6.74. The van der Waals surface area contributed by atoms with E-state index in [2.05, 4.69) is 5.32 Å². The van der Waals surface area contributed by atoms with Gasteiger partial charge in [0, 0.05) is 11.6 Å². The number of sulfonamides is 1. The molecule has 2 aromatic carbocycles. The number of hydrogen-bond donors (Lipinski definition) is 1. The maximum Gasteiger partial charge on any atom is 0.241 e. The molecule has 1 N–H and O–H groups in total. The maximum absolute atomic E-state index is 12.4. The Kier molecular flexibility index (Phi) is 7.32. The minimum atomic E-state index is -3.66. The molecule has 0 aliphatic heterocycles. The molecule has 0 fully saturated rings. The summed E-state index contributed by atoms with van der Waals surface area (Å²) in [6, 6.07) is 12.3. The Bertz CT molecular complexity index is 928. The van der Waals surface area contributed by atoms with Crippen molar-refractivity contribution in [3.8, 4) is 5.75 Å². The van der Waals surface area contributed by atoms with Gasteiger partial charge >= 0.3 is 0 Å². The molecule has 0 atom stereocenters. The van der Waals surface area contributed by atoms with Crippen molar-refractivity contribution in [2.45, 2.75) is 33.4 Å². The zero-order valence-electron chi connectivity index (χ0n) is 16.4. The summed E-state index contributed by atoms with van der Waals surface area (Å²) < 4.78 is 31.1. The van der Waals surface area contributed by atoms with Crippen LogP contribution in [0.1, 0.15) is 25.0 Å². The largest absolute Gasteiger partial charge is 0.491 e. The molecule has 0 aromatic heterocycles. The van der Waals surface area contributed by atoms with Crippen molar-refractivity contribution in [1.82, 2.24) is 5.32 Å². The van der Waals surface area contributed by atoms with Crippen LogP contribution >= 0.6 is 11.6 Å². The van der Waals surface area contributed by atoms with Gasteiger partial charge in [-0.1, -0.05) is 29.8 Å². The van der Waals surface area contributed by atoms with Gasteiger partial charge in [0.2, 0.25) is 15.9 Å². The molecule has 0 aliphatic rings. The number of benzene rings is 2. The quantitative estimate of drug-likeness (QED) is 0.703. The summed E-state index contributed by atoms with van der Waals surface area (Å²) in [5.41, 5.74) is 1.87. The van der Waals surface area contributed by atoms with Gasteiger partial charge in [-0.15, -0.1) is 0 Å². The summed E-state index contributed by atoms with van der Waals surface area (Å²) >= 11 is 6.10. The summed E-state index contributed by atoms with van der Waals surface area (Å²) in [4.78, 5) is 12.4. The number of amides is 1. The van der Waals surface area contributed by atoms with Crippen molar-refractivity contribution >= 4 is 33.2 Å². The van der Waals surface area contributed by atoms with E-state index in [0.29, 0.717) is 16.3 Å². The van der Waals surface area contributed by atoms with E-state index in [1.165, 1.54) is 0 Å². The Morgan fingerprint density at radius 1 is 1.18 bits per heavy atom. The molecule has 0 spiro atoms. The van der Waals surface area contributed by atoms with Gasteiger partial charge < -0.3 is 10.1 Å². The third-order valence-corrected chi connectivity index (χ3v) is 5.52. The Morgan fingerprint density at radius 2 is 1.82 bits per heavy atom. The van der Waals surface area contributed by atoms with Crippen LogP contribution in [0.4, 0.5) is 5.69 Å². The first-order chi connectivity index (χ1) is 13.1. The van der Waals surface area contributed by atoms with E-state index in [-0.39, 0.29) is 19.2 Å². The molecule has 1 amide bonds. The van der Waals surface area contributed by atoms with Gasteiger partial charge in [0.1, 0.15) is 12.3 Å². The molecule has 152 valence electrons. The first-order valence-electron chi connectivity index (χ1n) is 8.83. The second kappa shape index (κ2) is 9.30. The number of carbonyl (C=O) groups excluding carboxylic acids is 1. The zero-order chi connectivity index (χ0) is 20.9. The van der Waals surface area contributed by atoms with E-state index in [4.69, 9.17) is 16.3 Å². The Labute approximate surface area is 171 Å². The molecule has 8 heteroatoms. The third-order valence-electron chi connectivity index (χ3n) is 3.98. The molecule has 2 aromatic rings. The minimum Gasteiger partial charge on any atom is -0.491 e. The highest BCUT2D eigenvalue weighted by atomic mass is 35.5. The molecular weight excluding hydrogens is 400 g/mol. The third kappa shape index (κ3) is 6.14.